The zero-order chi connectivity index (χ0) is 16.3. The number of sulfonamides is 1. The molecule has 2 aromatic rings. The minimum Gasteiger partial charge on any atom is -0.237 e. The maximum absolute atomic E-state index is 12.2. The van der Waals surface area contributed by atoms with Gasteiger partial charge in [-0.25, -0.2) is 22.8 Å². The van der Waals surface area contributed by atoms with E-state index in [9.17, 15) is 8.42 Å². The van der Waals surface area contributed by atoms with Crippen molar-refractivity contribution in [3.63, 3.8) is 0 Å². The highest BCUT2D eigenvalue weighted by molar-refractivity contribution is 7.89. The van der Waals surface area contributed by atoms with Crippen molar-refractivity contribution in [2.45, 2.75) is 45.1 Å². The van der Waals surface area contributed by atoms with E-state index < -0.39 is 10.0 Å². The number of nitrogens with zero attached hydrogens (tertiary/aromatic N) is 3. The summed E-state index contributed by atoms with van der Waals surface area (Å²) >= 11 is 0. The Labute approximate surface area is 137 Å². The largest absolute Gasteiger partial charge is 0.237 e. The van der Waals surface area contributed by atoms with E-state index in [1.807, 2.05) is 29.8 Å². The van der Waals surface area contributed by atoms with E-state index in [0.29, 0.717) is 6.42 Å². The molecule has 0 fully saturated rings. The molecule has 0 aromatic carbocycles. The van der Waals surface area contributed by atoms with Crippen LogP contribution in [0.4, 0.5) is 0 Å². The van der Waals surface area contributed by atoms with Crippen LogP contribution in [0.25, 0.3) is 5.82 Å². The van der Waals surface area contributed by atoms with E-state index in [4.69, 9.17) is 0 Å². The minimum absolute atomic E-state index is 0.182. The van der Waals surface area contributed by atoms with Gasteiger partial charge in [0.2, 0.25) is 10.0 Å². The van der Waals surface area contributed by atoms with Gasteiger partial charge in [-0.05, 0) is 37.8 Å². The second-order valence-corrected chi connectivity index (χ2v) is 7.75. The molecule has 1 aliphatic carbocycles. The molecule has 124 valence electrons. The maximum atomic E-state index is 12.2. The molecule has 7 heteroatoms. The lowest BCUT2D eigenvalue weighted by molar-refractivity contribution is 0.500. The molecule has 0 radical (unpaired) electrons. The van der Waals surface area contributed by atoms with Crippen LogP contribution >= 0.6 is 0 Å². The van der Waals surface area contributed by atoms with Crippen LogP contribution in [-0.2, 0) is 16.4 Å². The van der Waals surface area contributed by atoms with E-state index in [2.05, 4.69) is 14.8 Å². The first-order valence-electron chi connectivity index (χ1n) is 8.09. The van der Waals surface area contributed by atoms with Gasteiger partial charge in [0.1, 0.15) is 0 Å². The molecule has 0 spiro atoms. The molecule has 1 N–H and O–H groups in total. The first-order chi connectivity index (χ1) is 11.1. The summed E-state index contributed by atoms with van der Waals surface area (Å²) in [6, 6.07) is 5.51. The van der Waals surface area contributed by atoms with Crippen molar-refractivity contribution in [3.05, 3.63) is 41.9 Å². The SMILES string of the molecule is CCCCS(=O)(=O)NC1CCCc2c1cnn2-c1ccccn1. The standard InChI is InChI=1S/C16H22N4O2S/c1-2-3-11-23(21,22)19-14-7-6-8-15-13(14)12-18-20(15)16-9-4-5-10-17-16/h4-5,9-10,12,14,19H,2-3,6-8,11H2,1H3. The molecule has 0 aliphatic heterocycles. The van der Waals surface area contributed by atoms with Gasteiger partial charge in [-0.3, -0.25) is 0 Å². The molecule has 3 rings (SSSR count). The van der Waals surface area contributed by atoms with Gasteiger partial charge in [-0.2, -0.15) is 5.10 Å². The fourth-order valence-corrected chi connectivity index (χ4v) is 4.43. The van der Waals surface area contributed by atoms with Crippen LogP contribution in [0, 0.1) is 0 Å². The number of nitrogens with one attached hydrogen (secondary N) is 1. The zero-order valence-corrected chi connectivity index (χ0v) is 14.1. The quantitative estimate of drug-likeness (QED) is 0.880. The Morgan fingerprint density at radius 1 is 1.39 bits per heavy atom. The van der Waals surface area contributed by atoms with Crippen molar-refractivity contribution < 1.29 is 8.42 Å². The highest BCUT2D eigenvalue weighted by atomic mass is 32.2. The van der Waals surface area contributed by atoms with E-state index >= 15 is 0 Å². The van der Waals surface area contributed by atoms with Crippen LogP contribution in [0.1, 0.15) is 49.9 Å². The van der Waals surface area contributed by atoms with Crippen LogP contribution in [0.3, 0.4) is 0 Å². The van der Waals surface area contributed by atoms with Gasteiger partial charge in [0, 0.05) is 11.8 Å². The van der Waals surface area contributed by atoms with Crippen molar-refractivity contribution in [1.29, 1.82) is 0 Å². The Hall–Kier alpha value is -1.73. The average Bonchev–Trinajstić information content (AvgIpc) is 2.99. The zero-order valence-electron chi connectivity index (χ0n) is 13.3. The highest BCUT2D eigenvalue weighted by Gasteiger charge is 2.28. The Kier molecular flexibility index (Phi) is 4.77. The van der Waals surface area contributed by atoms with Crippen molar-refractivity contribution >= 4 is 10.0 Å². The van der Waals surface area contributed by atoms with Gasteiger partial charge in [0.05, 0.1) is 23.7 Å². The predicted molar refractivity (Wildman–Crippen MR) is 88.9 cm³/mol. The first kappa shape index (κ1) is 16.1. The number of hydrogen-bond donors (Lipinski definition) is 1. The first-order valence-corrected chi connectivity index (χ1v) is 9.74. The molecule has 0 saturated heterocycles. The summed E-state index contributed by atoms with van der Waals surface area (Å²) in [4.78, 5) is 4.33. The summed E-state index contributed by atoms with van der Waals surface area (Å²) in [6.45, 7) is 1.99. The second-order valence-electron chi connectivity index (χ2n) is 5.88. The number of aromatic nitrogens is 3. The van der Waals surface area contributed by atoms with Crippen molar-refractivity contribution in [3.8, 4) is 5.82 Å². The lowest BCUT2D eigenvalue weighted by Crippen LogP contribution is -2.32. The molecule has 23 heavy (non-hydrogen) atoms. The summed E-state index contributed by atoms with van der Waals surface area (Å²) in [7, 11) is -3.24. The summed E-state index contributed by atoms with van der Waals surface area (Å²) in [6.07, 6.45) is 7.70. The third kappa shape index (κ3) is 3.61. The van der Waals surface area contributed by atoms with Crippen molar-refractivity contribution in [2.75, 3.05) is 5.75 Å². The fourth-order valence-electron chi connectivity index (χ4n) is 2.97. The predicted octanol–water partition coefficient (Wildman–Crippen LogP) is 2.36. The molecule has 1 atom stereocenters. The molecular weight excluding hydrogens is 312 g/mol. The summed E-state index contributed by atoms with van der Waals surface area (Å²) in [5.41, 5.74) is 2.03. The third-order valence-electron chi connectivity index (χ3n) is 4.14. The molecule has 0 saturated carbocycles. The minimum atomic E-state index is -3.24. The maximum Gasteiger partial charge on any atom is 0.212 e. The fraction of sp³-hybridized carbons (Fsp3) is 0.500. The van der Waals surface area contributed by atoms with Crippen LogP contribution in [0.15, 0.2) is 30.6 Å². The third-order valence-corrected chi connectivity index (χ3v) is 5.61. The molecule has 2 aromatic heterocycles. The molecule has 0 amide bonds. The second kappa shape index (κ2) is 6.80. The van der Waals surface area contributed by atoms with Gasteiger partial charge < -0.3 is 0 Å². The number of hydrogen-bond acceptors (Lipinski definition) is 4. The van der Waals surface area contributed by atoms with Gasteiger partial charge in [-0.15, -0.1) is 0 Å². The Bertz CT molecular complexity index is 756. The molecule has 2 heterocycles. The molecule has 1 aliphatic rings. The molecule has 0 bridgehead atoms. The van der Waals surface area contributed by atoms with Crippen LogP contribution in [0.5, 0.6) is 0 Å². The summed E-state index contributed by atoms with van der Waals surface area (Å²) in [5, 5.41) is 4.43. The van der Waals surface area contributed by atoms with E-state index in [1.165, 1.54) is 0 Å². The van der Waals surface area contributed by atoms with E-state index in [1.54, 1.807) is 12.4 Å². The molecule has 1 unspecified atom stereocenters. The molecular formula is C16H22N4O2S. The lowest BCUT2D eigenvalue weighted by Gasteiger charge is -2.24. The number of pyridine rings is 1. The smallest absolute Gasteiger partial charge is 0.212 e. The number of fused-ring (bicyclic) bond motifs is 1. The Morgan fingerprint density at radius 2 is 2.26 bits per heavy atom. The molecule has 6 nitrogen and oxygen atoms in total. The van der Waals surface area contributed by atoms with E-state index in [-0.39, 0.29) is 11.8 Å². The average molecular weight is 334 g/mol. The number of unbranched alkanes of at least 4 members (excludes halogenated alkanes) is 1. The van der Waals surface area contributed by atoms with Crippen LogP contribution < -0.4 is 4.72 Å². The van der Waals surface area contributed by atoms with Gasteiger partial charge in [0.15, 0.2) is 5.82 Å². The van der Waals surface area contributed by atoms with Crippen molar-refractivity contribution in [2.24, 2.45) is 0 Å². The normalized spacial score (nSPS) is 17.9. The monoisotopic (exact) mass is 334 g/mol. The summed E-state index contributed by atoms with van der Waals surface area (Å²) in [5.74, 6) is 0.951. The lowest BCUT2D eigenvalue weighted by atomic mass is 9.94. The number of rotatable bonds is 6. The summed E-state index contributed by atoms with van der Waals surface area (Å²) < 4.78 is 29.1. The van der Waals surface area contributed by atoms with E-state index in [0.717, 1.165) is 42.8 Å². The topological polar surface area (TPSA) is 76.9 Å². The Morgan fingerprint density at radius 3 is 3.00 bits per heavy atom. The highest BCUT2D eigenvalue weighted by Crippen LogP contribution is 2.31. The van der Waals surface area contributed by atoms with Gasteiger partial charge in [-0.1, -0.05) is 19.4 Å². The van der Waals surface area contributed by atoms with Crippen LogP contribution in [0.2, 0.25) is 0 Å². The van der Waals surface area contributed by atoms with Gasteiger partial charge >= 0.3 is 0 Å². The van der Waals surface area contributed by atoms with Crippen LogP contribution in [-0.4, -0.2) is 28.9 Å². The van der Waals surface area contributed by atoms with Crippen molar-refractivity contribution in [1.82, 2.24) is 19.5 Å². The van der Waals surface area contributed by atoms with Gasteiger partial charge in [0.25, 0.3) is 0 Å². The Balaban J connectivity index is 1.85.